The van der Waals surface area contributed by atoms with Gasteiger partial charge in [0.2, 0.25) is 0 Å². The van der Waals surface area contributed by atoms with Crippen LogP contribution < -0.4 is 5.32 Å². The molecule has 1 saturated carbocycles. The summed E-state index contributed by atoms with van der Waals surface area (Å²) >= 11 is 11.9. The van der Waals surface area contributed by atoms with Crippen molar-refractivity contribution in [2.45, 2.75) is 38.1 Å². The van der Waals surface area contributed by atoms with E-state index in [0.717, 1.165) is 24.2 Å². The second kappa shape index (κ2) is 6.37. The molecule has 1 aromatic rings. The Kier molecular flexibility index (Phi) is 4.58. The van der Waals surface area contributed by atoms with E-state index in [4.69, 9.17) is 23.2 Å². The number of hydrogen-bond donors (Lipinski definition) is 1. The topological polar surface area (TPSA) is 66.5 Å². The fourth-order valence-electron chi connectivity index (χ4n) is 3.58. The van der Waals surface area contributed by atoms with Gasteiger partial charge in [0.25, 0.3) is 5.91 Å². The Morgan fingerprint density at radius 1 is 1.33 bits per heavy atom. The molecule has 0 bridgehead atoms. The number of imide groups is 1. The summed E-state index contributed by atoms with van der Waals surface area (Å²) in [5, 5.41) is 3.46. The molecule has 1 N–H and O–H groups in total. The minimum Gasteiger partial charge on any atom is -0.323 e. The van der Waals surface area contributed by atoms with E-state index in [1.807, 2.05) is 6.92 Å². The predicted octanol–water partition coefficient (Wildman–Crippen LogP) is 3.68. The number of rotatable bonds is 3. The molecule has 0 radical (unpaired) electrons. The zero-order valence-corrected chi connectivity index (χ0v) is 14.8. The molecule has 7 heteroatoms. The van der Waals surface area contributed by atoms with Crippen LogP contribution in [0.15, 0.2) is 18.2 Å². The van der Waals surface area contributed by atoms with Crippen molar-refractivity contribution in [3.63, 3.8) is 0 Å². The third-order valence-electron chi connectivity index (χ3n) is 5.03. The van der Waals surface area contributed by atoms with E-state index in [1.54, 1.807) is 6.07 Å². The highest BCUT2D eigenvalue weighted by molar-refractivity contribution is 6.37. The second-order valence-corrected chi connectivity index (χ2v) is 7.33. The highest BCUT2D eigenvalue weighted by Gasteiger charge is 2.55. The number of ketones is 1. The zero-order valence-electron chi connectivity index (χ0n) is 13.3. The first kappa shape index (κ1) is 17.2. The largest absolute Gasteiger partial charge is 0.325 e. The van der Waals surface area contributed by atoms with Gasteiger partial charge in [0, 0.05) is 10.6 Å². The lowest BCUT2D eigenvalue weighted by Gasteiger charge is -2.36. The Morgan fingerprint density at radius 2 is 2.08 bits per heavy atom. The summed E-state index contributed by atoms with van der Waals surface area (Å²) < 4.78 is 0. The first-order valence-corrected chi connectivity index (χ1v) is 8.73. The predicted molar refractivity (Wildman–Crippen MR) is 91.4 cm³/mol. The Morgan fingerprint density at radius 3 is 2.75 bits per heavy atom. The van der Waals surface area contributed by atoms with Gasteiger partial charge in [-0.2, -0.15) is 0 Å². The molecule has 1 aromatic carbocycles. The van der Waals surface area contributed by atoms with E-state index in [9.17, 15) is 14.4 Å². The summed E-state index contributed by atoms with van der Waals surface area (Å²) in [6.07, 6.45) is 3.44. The van der Waals surface area contributed by atoms with E-state index >= 15 is 0 Å². The van der Waals surface area contributed by atoms with Gasteiger partial charge in [0.1, 0.15) is 5.54 Å². The number of amides is 3. The van der Waals surface area contributed by atoms with Crippen LogP contribution in [-0.4, -0.2) is 34.7 Å². The van der Waals surface area contributed by atoms with E-state index in [2.05, 4.69) is 5.32 Å². The highest BCUT2D eigenvalue weighted by atomic mass is 35.5. The van der Waals surface area contributed by atoms with Gasteiger partial charge < -0.3 is 5.32 Å². The molecule has 0 aromatic heterocycles. The van der Waals surface area contributed by atoms with Crippen LogP contribution in [0, 0.1) is 5.92 Å². The fourth-order valence-corrected chi connectivity index (χ4v) is 4.10. The van der Waals surface area contributed by atoms with Crippen molar-refractivity contribution in [2.75, 3.05) is 6.54 Å². The van der Waals surface area contributed by atoms with Gasteiger partial charge in [0.05, 0.1) is 11.6 Å². The van der Waals surface area contributed by atoms with Crippen molar-refractivity contribution >= 4 is 40.9 Å². The molecule has 2 aliphatic rings. The lowest BCUT2D eigenvalue weighted by Crippen LogP contribution is -2.54. The number of nitrogens with one attached hydrogen (secondary N) is 1. The second-order valence-electron chi connectivity index (χ2n) is 6.49. The number of Topliss-reactive ketones (excluding diaryl/α,β-unsaturated/α-hetero) is 1. The van der Waals surface area contributed by atoms with Crippen molar-refractivity contribution in [2.24, 2.45) is 5.92 Å². The van der Waals surface area contributed by atoms with Gasteiger partial charge in [-0.1, -0.05) is 43.0 Å². The Hall–Kier alpha value is -1.59. The summed E-state index contributed by atoms with van der Waals surface area (Å²) in [7, 11) is 0. The standard InChI is InChI=1S/C17H18Cl2N2O3/c1-10-4-2-3-7-17(10)15(23)21(16(24)20-17)9-14(22)12-6-5-11(18)8-13(12)19/h5-6,8,10H,2-4,7,9H2,1H3,(H,20,24). The quantitative estimate of drug-likeness (QED) is 0.653. The number of carbonyl (C=O) groups is 3. The summed E-state index contributed by atoms with van der Waals surface area (Å²) in [4.78, 5) is 38.6. The van der Waals surface area contributed by atoms with Crippen LogP contribution in [-0.2, 0) is 4.79 Å². The molecule has 5 nitrogen and oxygen atoms in total. The Labute approximate surface area is 150 Å². The molecule has 3 amide bonds. The number of nitrogens with zero attached hydrogens (tertiary/aromatic N) is 1. The lowest BCUT2D eigenvalue weighted by molar-refractivity contribution is -0.133. The van der Waals surface area contributed by atoms with Crippen LogP contribution in [0.1, 0.15) is 43.0 Å². The maximum Gasteiger partial charge on any atom is 0.325 e. The van der Waals surface area contributed by atoms with Crippen LogP contribution in [0.2, 0.25) is 10.0 Å². The molecule has 24 heavy (non-hydrogen) atoms. The molecule has 1 aliphatic heterocycles. The molecule has 3 rings (SSSR count). The average Bonchev–Trinajstić information content (AvgIpc) is 2.75. The van der Waals surface area contributed by atoms with Crippen LogP contribution in [0.3, 0.4) is 0 Å². The maximum atomic E-state index is 12.8. The minimum absolute atomic E-state index is 0.0573. The third-order valence-corrected chi connectivity index (χ3v) is 5.58. The third kappa shape index (κ3) is 2.80. The number of carbonyl (C=O) groups excluding carboxylic acids is 3. The molecule has 1 heterocycles. The molecule has 1 saturated heterocycles. The van der Waals surface area contributed by atoms with Crippen LogP contribution in [0.25, 0.3) is 0 Å². The molecule has 2 unspecified atom stereocenters. The van der Waals surface area contributed by atoms with Gasteiger partial charge in [-0.15, -0.1) is 0 Å². The summed E-state index contributed by atoms with van der Waals surface area (Å²) in [5.74, 6) is -0.638. The van der Waals surface area contributed by atoms with Gasteiger partial charge in [-0.3, -0.25) is 14.5 Å². The summed E-state index contributed by atoms with van der Waals surface area (Å²) in [6, 6.07) is 4.02. The van der Waals surface area contributed by atoms with E-state index in [0.29, 0.717) is 11.4 Å². The van der Waals surface area contributed by atoms with E-state index < -0.39 is 11.6 Å². The lowest BCUT2D eigenvalue weighted by atomic mass is 9.73. The molecular weight excluding hydrogens is 351 g/mol. The number of halogens is 2. The summed E-state index contributed by atoms with van der Waals surface area (Å²) in [5.41, 5.74) is -0.612. The first-order chi connectivity index (χ1) is 11.3. The number of benzene rings is 1. The highest BCUT2D eigenvalue weighted by Crippen LogP contribution is 2.38. The van der Waals surface area contributed by atoms with Gasteiger partial charge in [-0.25, -0.2) is 4.79 Å². The molecule has 2 atom stereocenters. The summed E-state index contributed by atoms with van der Waals surface area (Å²) in [6.45, 7) is 1.65. The van der Waals surface area contributed by atoms with Crippen LogP contribution in [0.5, 0.6) is 0 Å². The van der Waals surface area contributed by atoms with Crippen molar-refractivity contribution in [1.29, 1.82) is 0 Å². The molecular formula is C17H18Cl2N2O3. The average molecular weight is 369 g/mol. The van der Waals surface area contributed by atoms with Gasteiger partial charge in [-0.05, 0) is 37.0 Å². The maximum absolute atomic E-state index is 12.8. The van der Waals surface area contributed by atoms with E-state index in [1.165, 1.54) is 12.1 Å². The van der Waals surface area contributed by atoms with E-state index in [-0.39, 0.29) is 34.7 Å². The van der Waals surface area contributed by atoms with Gasteiger partial charge in [0.15, 0.2) is 5.78 Å². The smallest absolute Gasteiger partial charge is 0.323 e. The zero-order chi connectivity index (χ0) is 17.5. The molecule has 1 spiro atoms. The van der Waals surface area contributed by atoms with Crippen molar-refractivity contribution < 1.29 is 14.4 Å². The van der Waals surface area contributed by atoms with Gasteiger partial charge >= 0.3 is 6.03 Å². The van der Waals surface area contributed by atoms with Crippen molar-refractivity contribution in [3.05, 3.63) is 33.8 Å². The molecule has 2 fully saturated rings. The Bertz CT molecular complexity index is 722. The SMILES string of the molecule is CC1CCCCC12NC(=O)N(CC(=O)c1ccc(Cl)cc1Cl)C2=O. The normalized spacial score (nSPS) is 26.8. The minimum atomic E-state index is -0.862. The fraction of sp³-hybridized carbons (Fsp3) is 0.471. The first-order valence-electron chi connectivity index (χ1n) is 7.97. The molecule has 128 valence electrons. The number of hydrogen-bond acceptors (Lipinski definition) is 3. The monoisotopic (exact) mass is 368 g/mol. The Balaban J connectivity index is 1.81. The van der Waals surface area contributed by atoms with Crippen molar-refractivity contribution in [1.82, 2.24) is 10.2 Å². The molecule has 1 aliphatic carbocycles. The van der Waals surface area contributed by atoms with Crippen molar-refractivity contribution in [3.8, 4) is 0 Å². The van der Waals surface area contributed by atoms with Crippen LogP contribution in [0.4, 0.5) is 4.79 Å². The number of urea groups is 1. The van der Waals surface area contributed by atoms with Crippen LogP contribution >= 0.6 is 23.2 Å².